The molecule has 3 rings (SSSR count). The maximum absolute atomic E-state index is 11.4. The topological polar surface area (TPSA) is 38.1 Å². The van der Waals surface area contributed by atoms with Gasteiger partial charge in [0.05, 0.1) is 17.8 Å². The number of likely N-dealkylation sites (tertiary alicyclic amines) is 1. The molecule has 1 aliphatic rings. The Labute approximate surface area is 126 Å². The van der Waals surface area contributed by atoms with E-state index in [-0.39, 0.29) is 5.91 Å². The molecule has 1 aromatic heterocycles. The predicted octanol–water partition coefficient (Wildman–Crippen LogP) is 3.55. The second-order valence-electron chi connectivity index (χ2n) is 5.39. The smallest absolute Gasteiger partial charge is 0.219 e. The summed E-state index contributed by atoms with van der Waals surface area (Å²) in [6.45, 7) is 9.43. The van der Waals surface area contributed by atoms with Crippen LogP contribution in [0.4, 0.5) is 0 Å². The second-order valence-corrected chi connectivity index (χ2v) is 5.39. The van der Waals surface area contributed by atoms with E-state index in [1.807, 2.05) is 24.9 Å². The number of carbonyl (C=O) groups is 1. The SMILES string of the molecule is CC.CC(=O)N1CCC(n2ncc3ccc(C)cc32)CC1. The summed E-state index contributed by atoms with van der Waals surface area (Å²) in [6, 6.07) is 6.85. The van der Waals surface area contributed by atoms with Crippen LogP contribution in [0.3, 0.4) is 0 Å². The van der Waals surface area contributed by atoms with Crippen LogP contribution >= 0.6 is 0 Å². The zero-order valence-electron chi connectivity index (χ0n) is 13.5. The van der Waals surface area contributed by atoms with E-state index >= 15 is 0 Å². The van der Waals surface area contributed by atoms with Crippen molar-refractivity contribution < 1.29 is 4.79 Å². The van der Waals surface area contributed by atoms with Crippen LogP contribution in [0, 0.1) is 6.92 Å². The first-order valence-corrected chi connectivity index (χ1v) is 7.84. The van der Waals surface area contributed by atoms with Gasteiger partial charge < -0.3 is 4.90 Å². The summed E-state index contributed by atoms with van der Waals surface area (Å²) in [5.74, 6) is 0.180. The maximum atomic E-state index is 11.4. The quantitative estimate of drug-likeness (QED) is 0.804. The van der Waals surface area contributed by atoms with E-state index in [1.165, 1.54) is 16.5 Å². The van der Waals surface area contributed by atoms with Crippen molar-refractivity contribution in [2.45, 2.75) is 46.6 Å². The minimum absolute atomic E-state index is 0.180. The van der Waals surface area contributed by atoms with Crippen LogP contribution in [0.25, 0.3) is 10.9 Å². The van der Waals surface area contributed by atoms with E-state index in [1.54, 1.807) is 6.92 Å². The summed E-state index contributed by atoms with van der Waals surface area (Å²) in [5, 5.41) is 5.74. The van der Waals surface area contributed by atoms with Gasteiger partial charge in [0.1, 0.15) is 0 Å². The Bertz CT molecular complexity index is 610. The molecule has 4 nitrogen and oxygen atoms in total. The van der Waals surface area contributed by atoms with E-state index < -0.39 is 0 Å². The van der Waals surface area contributed by atoms with E-state index in [2.05, 4.69) is 34.9 Å². The largest absolute Gasteiger partial charge is 0.343 e. The number of carbonyl (C=O) groups excluding carboxylic acids is 1. The van der Waals surface area contributed by atoms with Crippen LogP contribution in [0.2, 0.25) is 0 Å². The minimum Gasteiger partial charge on any atom is -0.343 e. The van der Waals surface area contributed by atoms with Crippen molar-refractivity contribution in [3.8, 4) is 0 Å². The Morgan fingerprint density at radius 1 is 1.24 bits per heavy atom. The Morgan fingerprint density at radius 3 is 2.52 bits per heavy atom. The van der Waals surface area contributed by atoms with Crippen LogP contribution in [-0.4, -0.2) is 33.7 Å². The number of piperidine rings is 1. The average Bonchev–Trinajstić information content (AvgIpc) is 2.92. The number of rotatable bonds is 1. The van der Waals surface area contributed by atoms with E-state index in [9.17, 15) is 4.79 Å². The molecular formula is C17H25N3O. The summed E-state index contributed by atoms with van der Waals surface area (Å²) < 4.78 is 2.14. The molecule has 0 aliphatic carbocycles. The molecule has 0 N–H and O–H groups in total. The zero-order valence-corrected chi connectivity index (χ0v) is 13.5. The van der Waals surface area contributed by atoms with Crippen molar-refractivity contribution >= 4 is 16.8 Å². The number of aryl methyl sites for hydroxylation is 1. The molecule has 2 aromatic rings. The van der Waals surface area contributed by atoms with Gasteiger partial charge in [0.15, 0.2) is 0 Å². The highest BCUT2D eigenvalue weighted by atomic mass is 16.2. The fourth-order valence-corrected chi connectivity index (χ4v) is 2.86. The number of nitrogens with zero attached hydrogens (tertiary/aromatic N) is 3. The summed E-state index contributed by atoms with van der Waals surface area (Å²) in [4.78, 5) is 13.3. The molecule has 1 saturated heterocycles. The van der Waals surface area contributed by atoms with Crippen LogP contribution < -0.4 is 0 Å². The lowest BCUT2D eigenvalue weighted by molar-refractivity contribution is -0.130. The van der Waals surface area contributed by atoms with Crippen LogP contribution in [-0.2, 0) is 4.79 Å². The standard InChI is InChI=1S/C15H19N3O.C2H6/c1-11-3-4-13-10-16-18(15(13)9-11)14-5-7-17(8-6-14)12(2)19;1-2/h3-4,9-10,14H,5-8H2,1-2H3;1-2H3. The van der Waals surface area contributed by atoms with E-state index in [4.69, 9.17) is 0 Å². The van der Waals surface area contributed by atoms with Crippen molar-refractivity contribution in [3.05, 3.63) is 30.0 Å². The Hall–Kier alpha value is -1.84. The van der Waals surface area contributed by atoms with Gasteiger partial charge in [0, 0.05) is 25.4 Å². The molecule has 0 spiro atoms. The molecule has 114 valence electrons. The number of fused-ring (bicyclic) bond motifs is 1. The highest BCUT2D eigenvalue weighted by molar-refractivity contribution is 5.79. The Kier molecular flexibility index (Phi) is 4.99. The molecule has 1 fully saturated rings. The normalized spacial score (nSPS) is 15.7. The second kappa shape index (κ2) is 6.74. The first-order chi connectivity index (χ1) is 10.1. The summed E-state index contributed by atoms with van der Waals surface area (Å²) in [6.07, 6.45) is 3.92. The number of amides is 1. The molecule has 0 saturated carbocycles. The number of aromatic nitrogens is 2. The van der Waals surface area contributed by atoms with Gasteiger partial charge in [-0.1, -0.05) is 26.0 Å². The number of hydrogen-bond acceptors (Lipinski definition) is 2. The Balaban J connectivity index is 0.000000774. The predicted molar refractivity (Wildman–Crippen MR) is 86.3 cm³/mol. The third-order valence-corrected chi connectivity index (χ3v) is 4.01. The summed E-state index contributed by atoms with van der Waals surface area (Å²) in [7, 11) is 0. The number of benzene rings is 1. The van der Waals surface area contributed by atoms with Crippen molar-refractivity contribution in [1.29, 1.82) is 0 Å². The molecule has 2 heterocycles. The van der Waals surface area contributed by atoms with E-state index in [0.29, 0.717) is 6.04 Å². The van der Waals surface area contributed by atoms with Crippen molar-refractivity contribution in [2.75, 3.05) is 13.1 Å². The third kappa shape index (κ3) is 3.26. The summed E-state index contributed by atoms with van der Waals surface area (Å²) >= 11 is 0. The lowest BCUT2D eigenvalue weighted by atomic mass is 10.0. The van der Waals surface area contributed by atoms with Gasteiger partial charge in [0.2, 0.25) is 5.91 Å². The molecule has 0 radical (unpaired) electrons. The molecular weight excluding hydrogens is 262 g/mol. The van der Waals surface area contributed by atoms with Crippen LogP contribution in [0.15, 0.2) is 24.4 Å². The van der Waals surface area contributed by atoms with Gasteiger partial charge in [-0.2, -0.15) is 5.10 Å². The fourth-order valence-electron chi connectivity index (χ4n) is 2.86. The van der Waals surface area contributed by atoms with Gasteiger partial charge >= 0.3 is 0 Å². The van der Waals surface area contributed by atoms with Gasteiger partial charge in [-0.3, -0.25) is 9.48 Å². The lowest BCUT2D eigenvalue weighted by Gasteiger charge is -2.31. The zero-order chi connectivity index (χ0) is 15.4. The molecule has 1 amide bonds. The van der Waals surface area contributed by atoms with E-state index in [0.717, 1.165) is 25.9 Å². The maximum Gasteiger partial charge on any atom is 0.219 e. The van der Waals surface area contributed by atoms with Gasteiger partial charge in [-0.25, -0.2) is 0 Å². The molecule has 0 bridgehead atoms. The monoisotopic (exact) mass is 287 g/mol. The Morgan fingerprint density at radius 2 is 1.90 bits per heavy atom. The van der Waals surface area contributed by atoms with Gasteiger partial charge in [-0.05, 0) is 31.4 Å². The van der Waals surface area contributed by atoms with Crippen LogP contribution in [0.1, 0.15) is 45.2 Å². The van der Waals surface area contributed by atoms with Crippen molar-refractivity contribution in [3.63, 3.8) is 0 Å². The highest BCUT2D eigenvalue weighted by Gasteiger charge is 2.23. The van der Waals surface area contributed by atoms with Crippen molar-refractivity contribution in [1.82, 2.24) is 14.7 Å². The van der Waals surface area contributed by atoms with Crippen LogP contribution in [0.5, 0.6) is 0 Å². The molecule has 4 heteroatoms. The first kappa shape index (κ1) is 15.5. The fraction of sp³-hybridized carbons (Fsp3) is 0.529. The highest BCUT2D eigenvalue weighted by Crippen LogP contribution is 2.26. The lowest BCUT2D eigenvalue weighted by Crippen LogP contribution is -2.37. The molecule has 0 unspecified atom stereocenters. The summed E-state index contributed by atoms with van der Waals surface area (Å²) in [5.41, 5.74) is 2.47. The first-order valence-electron chi connectivity index (χ1n) is 7.84. The number of hydrogen-bond donors (Lipinski definition) is 0. The minimum atomic E-state index is 0.180. The van der Waals surface area contributed by atoms with Crippen molar-refractivity contribution in [2.24, 2.45) is 0 Å². The molecule has 0 atom stereocenters. The molecule has 21 heavy (non-hydrogen) atoms. The third-order valence-electron chi connectivity index (χ3n) is 4.01. The molecule has 1 aliphatic heterocycles. The average molecular weight is 287 g/mol. The van der Waals surface area contributed by atoms with Gasteiger partial charge in [0.25, 0.3) is 0 Å². The molecule has 1 aromatic carbocycles. The van der Waals surface area contributed by atoms with Gasteiger partial charge in [-0.15, -0.1) is 0 Å².